The van der Waals surface area contributed by atoms with E-state index in [2.05, 4.69) is 0 Å². The fraction of sp³-hybridized carbons (Fsp3) is 0.278. The summed E-state index contributed by atoms with van der Waals surface area (Å²) in [6.07, 6.45) is 0. The van der Waals surface area contributed by atoms with Crippen molar-refractivity contribution in [1.82, 2.24) is 0 Å². The zero-order valence-electron chi connectivity index (χ0n) is 14.5. The molecule has 0 saturated carbocycles. The molecule has 0 spiro atoms. The highest BCUT2D eigenvalue weighted by Gasteiger charge is 2.36. The number of benzene rings is 2. The van der Waals surface area contributed by atoms with Gasteiger partial charge in [0, 0.05) is 11.1 Å². The lowest BCUT2D eigenvalue weighted by Crippen LogP contribution is -2.20. The highest BCUT2D eigenvalue weighted by molar-refractivity contribution is 7.91. The molecule has 0 bridgehead atoms. The Bertz CT molecular complexity index is 993. The zero-order valence-corrected chi connectivity index (χ0v) is 15.3. The molecule has 138 valence electrons. The summed E-state index contributed by atoms with van der Waals surface area (Å²) in [6, 6.07) is 5.94. The van der Waals surface area contributed by atoms with Crippen LogP contribution in [0, 0.1) is 6.92 Å². The molecular weight excluding hydrogens is 360 g/mol. The number of rotatable bonds is 3. The lowest BCUT2D eigenvalue weighted by atomic mass is 10.1. The average molecular weight is 378 g/mol. The van der Waals surface area contributed by atoms with Crippen molar-refractivity contribution < 1.29 is 32.5 Å². The number of cyclic esters (lactones) is 1. The highest BCUT2D eigenvalue weighted by atomic mass is 32.2. The molecule has 1 aliphatic heterocycles. The van der Waals surface area contributed by atoms with Crippen LogP contribution in [0.2, 0.25) is 0 Å². The lowest BCUT2D eigenvalue weighted by Gasteiger charge is -2.22. The molecule has 8 heteroatoms. The maximum atomic E-state index is 13.4. The average Bonchev–Trinajstić information content (AvgIpc) is 2.62. The molecule has 1 N–H and O–H groups in total. The zero-order chi connectivity index (χ0) is 19.1. The van der Waals surface area contributed by atoms with E-state index in [1.165, 1.54) is 26.4 Å². The van der Waals surface area contributed by atoms with Crippen LogP contribution in [0.15, 0.2) is 34.1 Å². The van der Waals surface area contributed by atoms with Gasteiger partial charge in [0.25, 0.3) is 0 Å². The Morgan fingerprint density at radius 2 is 1.92 bits per heavy atom. The number of aliphatic hydroxyl groups excluding tert-OH is 1. The number of sulfone groups is 1. The van der Waals surface area contributed by atoms with Gasteiger partial charge >= 0.3 is 5.97 Å². The van der Waals surface area contributed by atoms with Gasteiger partial charge in [0.05, 0.1) is 25.7 Å². The van der Waals surface area contributed by atoms with Crippen LogP contribution in [0.25, 0.3) is 0 Å². The van der Waals surface area contributed by atoms with E-state index in [1.807, 2.05) is 0 Å². The van der Waals surface area contributed by atoms with Crippen LogP contribution in [0.4, 0.5) is 0 Å². The Hall–Kier alpha value is -2.58. The minimum atomic E-state index is -4.10. The number of fused-ring (bicyclic) bond motifs is 2. The van der Waals surface area contributed by atoms with Crippen molar-refractivity contribution in [2.24, 2.45) is 0 Å². The molecule has 0 amide bonds. The molecule has 1 aliphatic rings. The standard InChI is InChI=1S/C18H18O7S/c1-10-6-12-9-25-18(20)15-14(5-4-11(8-19)16(15)24-3)26(21,22)17(12)13(7-10)23-2/h4-7,19H,8-9H2,1-3H3. The lowest BCUT2D eigenvalue weighted by molar-refractivity contribution is 0.0457. The molecule has 0 aromatic heterocycles. The summed E-state index contributed by atoms with van der Waals surface area (Å²) in [4.78, 5) is 12.3. The number of ether oxygens (including phenoxy) is 3. The third kappa shape index (κ3) is 2.71. The van der Waals surface area contributed by atoms with Gasteiger partial charge in [-0.3, -0.25) is 0 Å². The fourth-order valence-electron chi connectivity index (χ4n) is 3.08. The van der Waals surface area contributed by atoms with Crippen molar-refractivity contribution in [3.05, 3.63) is 46.5 Å². The first-order valence-electron chi connectivity index (χ1n) is 7.75. The van der Waals surface area contributed by atoms with E-state index >= 15 is 0 Å². The number of hydrogen-bond acceptors (Lipinski definition) is 7. The van der Waals surface area contributed by atoms with Crippen molar-refractivity contribution >= 4 is 15.8 Å². The molecule has 0 saturated heterocycles. The summed E-state index contributed by atoms with van der Waals surface area (Å²) in [5, 5.41) is 9.46. The first-order chi connectivity index (χ1) is 12.3. The van der Waals surface area contributed by atoms with E-state index in [-0.39, 0.29) is 39.0 Å². The van der Waals surface area contributed by atoms with Gasteiger partial charge in [-0.1, -0.05) is 12.1 Å². The largest absolute Gasteiger partial charge is 0.495 e. The van der Waals surface area contributed by atoms with Crippen molar-refractivity contribution in [3.8, 4) is 11.5 Å². The van der Waals surface area contributed by atoms with Crippen LogP contribution in [0.3, 0.4) is 0 Å². The Balaban J connectivity index is 2.42. The Labute approximate surface area is 151 Å². The molecule has 0 atom stereocenters. The Morgan fingerprint density at radius 1 is 1.19 bits per heavy atom. The van der Waals surface area contributed by atoms with Crippen LogP contribution in [0.5, 0.6) is 11.5 Å². The molecule has 0 aliphatic carbocycles. The highest BCUT2D eigenvalue weighted by Crippen LogP contribution is 2.40. The van der Waals surface area contributed by atoms with Crippen LogP contribution in [0.1, 0.15) is 27.0 Å². The van der Waals surface area contributed by atoms with Gasteiger partial charge in [-0.25, -0.2) is 13.2 Å². The monoisotopic (exact) mass is 378 g/mol. The minimum absolute atomic E-state index is 0.0203. The summed E-state index contributed by atoms with van der Waals surface area (Å²) in [7, 11) is -1.42. The molecule has 0 fully saturated rings. The van der Waals surface area contributed by atoms with Gasteiger partial charge in [-0.2, -0.15) is 0 Å². The second kappa shape index (κ2) is 6.62. The van der Waals surface area contributed by atoms with E-state index in [4.69, 9.17) is 14.2 Å². The Morgan fingerprint density at radius 3 is 2.54 bits per heavy atom. The van der Waals surface area contributed by atoms with Crippen molar-refractivity contribution in [2.45, 2.75) is 29.9 Å². The van der Waals surface area contributed by atoms with Gasteiger partial charge in [0.15, 0.2) is 0 Å². The molecule has 0 unspecified atom stereocenters. The third-order valence-corrected chi connectivity index (χ3v) is 6.11. The number of aryl methyl sites for hydroxylation is 1. The summed E-state index contributed by atoms with van der Waals surface area (Å²) in [6.45, 7) is 1.15. The van der Waals surface area contributed by atoms with Crippen LogP contribution in [-0.2, 0) is 27.8 Å². The maximum absolute atomic E-state index is 13.4. The van der Waals surface area contributed by atoms with E-state index in [9.17, 15) is 18.3 Å². The SMILES string of the molecule is COc1cc(C)cc2c1S(=O)(=O)c1ccc(CO)c(OC)c1C(=O)OC2. The molecule has 3 rings (SSSR count). The molecular formula is C18H18O7S. The normalized spacial score (nSPS) is 15.2. The van der Waals surface area contributed by atoms with Crippen molar-refractivity contribution in [3.63, 3.8) is 0 Å². The molecule has 26 heavy (non-hydrogen) atoms. The fourth-order valence-corrected chi connectivity index (χ4v) is 4.87. The first kappa shape index (κ1) is 18.2. The second-order valence-corrected chi connectivity index (χ2v) is 7.68. The number of methoxy groups -OCH3 is 2. The number of carbonyl (C=O) groups is 1. The quantitative estimate of drug-likeness (QED) is 0.816. The molecule has 2 aromatic rings. The van der Waals surface area contributed by atoms with Gasteiger partial charge in [-0.05, 0) is 24.6 Å². The number of hydrogen-bond donors (Lipinski definition) is 1. The van der Waals surface area contributed by atoms with Gasteiger partial charge in [0.1, 0.15) is 28.6 Å². The van der Waals surface area contributed by atoms with Gasteiger partial charge < -0.3 is 19.3 Å². The van der Waals surface area contributed by atoms with E-state index in [0.717, 1.165) is 5.56 Å². The summed E-state index contributed by atoms with van der Waals surface area (Å²) < 4.78 is 42.5. The first-order valence-corrected chi connectivity index (χ1v) is 9.24. The summed E-state index contributed by atoms with van der Waals surface area (Å²) in [5.74, 6) is -0.677. The minimum Gasteiger partial charge on any atom is -0.495 e. The second-order valence-electron chi connectivity index (χ2n) is 5.82. The van der Waals surface area contributed by atoms with Crippen LogP contribution >= 0.6 is 0 Å². The number of carbonyl (C=O) groups excluding carboxylic acids is 1. The van der Waals surface area contributed by atoms with Crippen LogP contribution in [-0.4, -0.2) is 33.7 Å². The topological polar surface area (TPSA) is 99.1 Å². The molecule has 1 heterocycles. The number of aliphatic hydroxyl groups is 1. The van der Waals surface area contributed by atoms with Crippen LogP contribution < -0.4 is 9.47 Å². The predicted octanol–water partition coefficient (Wildman–Crippen LogP) is 2.01. The van der Waals surface area contributed by atoms with E-state index < -0.39 is 22.4 Å². The third-order valence-electron chi connectivity index (χ3n) is 4.19. The van der Waals surface area contributed by atoms with E-state index in [1.54, 1.807) is 19.1 Å². The van der Waals surface area contributed by atoms with Gasteiger partial charge in [-0.15, -0.1) is 0 Å². The smallest absolute Gasteiger partial charge is 0.343 e. The Kier molecular flexibility index (Phi) is 4.64. The van der Waals surface area contributed by atoms with Gasteiger partial charge in [0.2, 0.25) is 9.84 Å². The van der Waals surface area contributed by atoms with Crippen molar-refractivity contribution in [1.29, 1.82) is 0 Å². The molecule has 7 nitrogen and oxygen atoms in total. The summed E-state index contributed by atoms with van der Waals surface area (Å²) >= 11 is 0. The summed E-state index contributed by atoms with van der Waals surface area (Å²) in [5.41, 5.74) is 1.18. The number of esters is 1. The van der Waals surface area contributed by atoms with Crippen molar-refractivity contribution in [2.75, 3.05) is 14.2 Å². The maximum Gasteiger partial charge on any atom is 0.343 e. The molecule has 2 aromatic carbocycles. The molecule has 0 radical (unpaired) electrons. The predicted molar refractivity (Wildman–Crippen MR) is 91.2 cm³/mol. The van der Waals surface area contributed by atoms with E-state index in [0.29, 0.717) is 5.56 Å².